The Balaban J connectivity index is 2.82. The van der Waals surface area contributed by atoms with E-state index >= 15 is 0 Å². The molecule has 1 N–H and O–H groups in total. The molecular formula is C12H15ClN2. The van der Waals surface area contributed by atoms with Crippen molar-refractivity contribution in [2.75, 3.05) is 11.9 Å². The molecule has 80 valence electrons. The van der Waals surface area contributed by atoms with Crippen molar-refractivity contribution in [1.82, 2.24) is 0 Å². The zero-order valence-electron chi connectivity index (χ0n) is 9.26. The van der Waals surface area contributed by atoms with Crippen molar-refractivity contribution in [3.63, 3.8) is 0 Å². The molecule has 0 saturated heterocycles. The Morgan fingerprint density at radius 2 is 2.13 bits per heavy atom. The van der Waals surface area contributed by atoms with Crippen LogP contribution in [0.4, 0.5) is 5.69 Å². The number of halogens is 1. The van der Waals surface area contributed by atoms with Gasteiger partial charge in [-0.2, -0.15) is 5.26 Å². The summed E-state index contributed by atoms with van der Waals surface area (Å²) in [6.07, 6.45) is 0. The molecule has 0 radical (unpaired) electrons. The van der Waals surface area contributed by atoms with Gasteiger partial charge < -0.3 is 5.32 Å². The lowest BCUT2D eigenvalue weighted by Crippen LogP contribution is -2.10. The molecular weight excluding hydrogens is 208 g/mol. The highest BCUT2D eigenvalue weighted by atomic mass is 35.5. The van der Waals surface area contributed by atoms with Crippen LogP contribution >= 0.6 is 11.6 Å². The molecule has 0 aliphatic carbocycles. The van der Waals surface area contributed by atoms with Gasteiger partial charge in [0.25, 0.3) is 0 Å². The summed E-state index contributed by atoms with van der Waals surface area (Å²) in [5.41, 5.74) is 3.20. The molecule has 1 aromatic carbocycles. The molecule has 0 spiro atoms. The largest absolute Gasteiger partial charge is 0.382 e. The van der Waals surface area contributed by atoms with Crippen LogP contribution in [0.2, 0.25) is 5.02 Å². The molecule has 2 nitrogen and oxygen atoms in total. The van der Waals surface area contributed by atoms with Crippen molar-refractivity contribution in [3.8, 4) is 6.07 Å². The first-order chi connectivity index (χ1) is 7.04. The molecule has 15 heavy (non-hydrogen) atoms. The van der Waals surface area contributed by atoms with Crippen molar-refractivity contribution >= 4 is 17.3 Å². The lowest BCUT2D eigenvalue weighted by molar-refractivity contribution is 0.785. The third-order valence-corrected chi connectivity index (χ3v) is 2.54. The highest BCUT2D eigenvalue weighted by molar-refractivity contribution is 6.33. The number of hydrogen-bond donors (Lipinski definition) is 1. The van der Waals surface area contributed by atoms with Gasteiger partial charge in [-0.3, -0.25) is 0 Å². The maximum absolute atomic E-state index is 8.67. The smallest absolute Gasteiger partial charge is 0.0671 e. The molecule has 1 aromatic rings. The Labute approximate surface area is 95.9 Å². The Kier molecular flexibility index (Phi) is 3.99. The van der Waals surface area contributed by atoms with Crippen LogP contribution in [0.3, 0.4) is 0 Å². The topological polar surface area (TPSA) is 35.8 Å². The second-order valence-electron chi connectivity index (χ2n) is 3.85. The van der Waals surface area contributed by atoms with E-state index in [9.17, 15) is 0 Å². The van der Waals surface area contributed by atoms with Crippen LogP contribution in [0.15, 0.2) is 12.1 Å². The molecule has 1 unspecified atom stereocenters. The summed E-state index contributed by atoms with van der Waals surface area (Å²) in [6, 6.07) is 6.18. The molecule has 0 aliphatic heterocycles. The monoisotopic (exact) mass is 222 g/mol. The molecule has 0 bridgehead atoms. The van der Waals surface area contributed by atoms with Crippen molar-refractivity contribution < 1.29 is 0 Å². The molecule has 0 saturated carbocycles. The van der Waals surface area contributed by atoms with Gasteiger partial charge >= 0.3 is 0 Å². The molecule has 3 heteroatoms. The van der Waals surface area contributed by atoms with E-state index in [4.69, 9.17) is 16.9 Å². The summed E-state index contributed by atoms with van der Waals surface area (Å²) in [5.74, 6) is -0.0123. The number of nitriles is 1. The molecule has 0 aliphatic rings. The molecule has 0 fully saturated rings. The summed E-state index contributed by atoms with van der Waals surface area (Å²) in [7, 11) is 0. The van der Waals surface area contributed by atoms with E-state index < -0.39 is 0 Å². The van der Waals surface area contributed by atoms with E-state index in [1.165, 1.54) is 0 Å². The minimum absolute atomic E-state index is 0.0123. The summed E-state index contributed by atoms with van der Waals surface area (Å²) in [4.78, 5) is 0. The second kappa shape index (κ2) is 5.04. The third kappa shape index (κ3) is 3.14. The highest BCUT2D eigenvalue weighted by Crippen LogP contribution is 2.27. The fraction of sp³-hybridized carbons (Fsp3) is 0.417. The van der Waals surface area contributed by atoms with E-state index in [1.807, 2.05) is 26.8 Å². The number of nitrogens with one attached hydrogen (secondary N) is 1. The van der Waals surface area contributed by atoms with Crippen LogP contribution in [0.25, 0.3) is 0 Å². The summed E-state index contributed by atoms with van der Waals surface area (Å²) < 4.78 is 0. The normalized spacial score (nSPS) is 11.9. The number of anilines is 1. The van der Waals surface area contributed by atoms with E-state index in [0.29, 0.717) is 6.54 Å². The Morgan fingerprint density at radius 1 is 1.47 bits per heavy atom. The maximum atomic E-state index is 8.67. The van der Waals surface area contributed by atoms with Gasteiger partial charge in [0.1, 0.15) is 0 Å². The van der Waals surface area contributed by atoms with Crippen molar-refractivity contribution in [2.45, 2.75) is 20.8 Å². The zero-order chi connectivity index (χ0) is 11.4. The SMILES string of the molecule is Cc1cc(C)c(NCC(C)C#N)c(Cl)c1. The van der Waals surface area contributed by atoms with Gasteiger partial charge in [-0.05, 0) is 38.0 Å². The predicted octanol–water partition coefficient (Wildman–Crippen LogP) is 3.53. The van der Waals surface area contributed by atoms with Gasteiger partial charge in [-0.15, -0.1) is 0 Å². The van der Waals surface area contributed by atoms with Crippen molar-refractivity contribution in [3.05, 3.63) is 28.3 Å². The molecule has 0 amide bonds. The van der Waals surface area contributed by atoms with E-state index in [2.05, 4.69) is 17.5 Å². The van der Waals surface area contributed by atoms with Gasteiger partial charge in [-0.25, -0.2) is 0 Å². The van der Waals surface area contributed by atoms with Crippen molar-refractivity contribution in [1.29, 1.82) is 5.26 Å². The van der Waals surface area contributed by atoms with Crippen LogP contribution in [0, 0.1) is 31.1 Å². The third-order valence-electron chi connectivity index (χ3n) is 2.24. The second-order valence-corrected chi connectivity index (χ2v) is 4.26. The van der Waals surface area contributed by atoms with Crippen molar-refractivity contribution in [2.24, 2.45) is 5.92 Å². The quantitative estimate of drug-likeness (QED) is 0.850. The number of benzene rings is 1. The van der Waals surface area contributed by atoms with Gasteiger partial charge in [0.05, 0.1) is 22.7 Å². The predicted molar refractivity (Wildman–Crippen MR) is 64.2 cm³/mol. The molecule has 0 aromatic heterocycles. The Morgan fingerprint density at radius 3 is 2.67 bits per heavy atom. The minimum atomic E-state index is -0.0123. The first-order valence-corrected chi connectivity index (χ1v) is 5.32. The fourth-order valence-electron chi connectivity index (χ4n) is 1.44. The first-order valence-electron chi connectivity index (χ1n) is 4.95. The Bertz CT molecular complexity index is 370. The lowest BCUT2D eigenvalue weighted by Gasteiger charge is -2.13. The van der Waals surface area contributed by atoms with Gasteiger partial charge in [-0.1, -0.05) is 17.7 Å². The molecule has 0 heterocycles. The average Bonchev–Trinajstić information content (AvgIpc) is 2.15. The van der Waals surface area contributed by atoms with E-state index in [-0.39, 0.29) is 5.92 Å². The van der Waals surface area contributed by atoms with Gasteiger partial charge in [0.2, 0.25) is 0 Å². The summed E-state index contributed by atoms with van der Waals surface area (Å²) in [5, 5.41) is 12.6. The molecule has 1 atom stereocenters. The Hall–Kier alpha value is -1.20. The highest BCUT2D eigenvalue weighted by Gasteiger charge is 2.06. The fourth-order valence-corrected chi connectivity index (χ4v) is 1.83. The molecule has 1 rings (SSSR count). The average molecular weight is 223 g/mol. The van der Waals surface area contributed by atoms with Crippen LogP contribution in [0.5, 0.6) is 0 Å². The van der Waals surface area contributed by atoms with Crippen LogP contribution in [-0.4, -0.2) is 6.54 Å². The number of nitrogens with zero attached hydrogens (tertiary/aromatic N) is 1. The first kappa shape index (κ1) is 11.9. The van der Waals surface area contributed by atoms with Gasteiger partial charge in [0.15, 0.2) is 0 Å². The standard InChI is InChI=1S/C12H15ClN2/c1-8-4-10(3)12(11(13)5-8)15-7-9(2)6-14/h4-5,9,15H,7H2,1-3H3. The van der Waals surface area contributed by atoms with Crippen LogP contribution < -0.4 is 5.32 Å². The number of rotatable bonds is 3. The van der Waals surface area contributed by atoms with Crippen LogP contribution in [-0.2, 0) is 0 Å². The summed E-state index contributed by atoms with van der Waals surface area (Å²) in [6.45, 7) is 6.53. The number of hydrogen-bond acceptors (Lipinski definition) is 2. The van der Waals surface area contributed by atoms with E-state index in [1.54, 1.807) is 0 Å². The number of aryl methyl sites for hydroxylation is 2. The zero-order valence-corrected chi connectivity index (χ0v) is 10.0. The lowest BCUT2D eigenvalue weighted by atomic mass is 10.1. The minimum Gasteiger partial charge on any atom is -0.382 e. The summed E-state index contributed by atoms with van der Waals surface area (Å²) >= 11 is 6.12. The van der Waals surface area contributed by atoms with E-state index in [0.717, 1.165) is 21.8 Å². The maximum Gasteiger partial charge on any atom is 0.0671 e. The van der Waals surface area contributed by atoms with Gasteiger partial charge in [0, 0.05) is 6.54 Å². The van der Waals surface area contributed by atoms with Crippen LogP contribution in [0.1, 0.15) is 18.1 Å².